The van der Waals surface area contributed by atoms with Crippen molar-refractivity contribution >= 4 is 0 Å². The quantitative estimate of drug-likeness (QED) is 0.854. The fraction of sp³-hybridized carbons (Fsp3) is 0.231. The van der Waals surface area contributed by atoms with Gasteiger partial charge in [-0.1, -0.05) is 12.1 Å². The maximum atomic E-state index is 10.2. The number of aliphatic hydroxyl groups excluding tert-OH is 1. The van der Waals surface area contributed by atoms with Crippen molar-refractivity contribution in [1.29, 1.82) is 0 Å². The molecular formula is C13H15NO2. The van der Waals surface area contributed by atoms with E-state index in [1.54, 1.807) is 7.11 Å². The van der Waals surface area contributed by atoms with Crippen molar-refractivity contribution in [1.82, 2.24) is 4.57 Å². The summed E-state index contributed by atoms with van der Waals surface area (Å²) in [6, 6.07) is 11.3. The van der Waals surface area contributed by atoms with Crippen LogP contribution in [0.15, 0.2) is 42.6 Å². The van der Waals surface area contributed by atoms with Crippen molar-refractivity contribution in [3.05, 3.63) is 53.9 Å². The Morgan fingerprint density at radius 1 is 1.19 bits per heavy atom. The molecule has 16 heavy (non-hydrogen) atoms. The lowest BCUT2D eigenvalue weighted by Crippen LogP contribution is -2.04. The number of aliphatic hydroxyl groups is 1. The summed E-state index contributed by atoms with van der Waals surface area (Å²) in [7, 11) is 3.55. The van der Waals surface area contributed by atoms with Crippen LogP contribution >= 0.6 is 0 Å². The van der Waals surface area contributed by atoms with Crippen LogP contribution in [0, 0.1) is 0 Å². The van der Waals surface area contributed by atoms with Crippen LogP contribution in [0.25, 0.3) is 0 Å². The van der Waals surface area contributed by atoms with Gasteiger partial charge in [0.05, 0.1) is 12.8 Å². The first-order valence-electron chi connectivity index (χ1n) is 5.15. The molecule has 0 saturated carbocycles. The predicted octanol–water partition coefficient (Wildman–Crippen LogP) is 2.12. The first-order valence-corrected chi connectivity index (χ1v) is 5.15. The topological polar surface area (TPSA) is 34.4 Å². The molecule has 1 heterocycles. The molecule has 84 valence electrons. The third-order valence-corrected chi connectivity index (χ3v) is 2.70. The van der Waals surface area contributed by atoms with E-state index in [0.29, 0.717) is 0 Å². The molecule has 0 unspecified atom stereocenters. The minimum absolute atomic E-state index is 0.592. The van der Waals surface area contributed by atoms with E-state index in [0.717, 1.165) is 17.0 Å². The van der Waals surface area contributed by atoms with Crippen molar-refractivity contribution < 1.29 is 9.84 Å². The normalized spacial score (nSPS) is 12.4. The fourth-order valence-electron chi connectivity index (χ4n) is 1.72. The number of hydrogen-bond acceptors (Lipinski definition) is 2. The maximum Gasteiger partial charge on any atom is 0.119 e. The number of ether oxygens (including phenoxy) is 1. The second-order valence-corrected chi connectivity index (χ2v) is 3.72. The number of rotatable bonds is 3. The first-order chi connectivity index (χ1) is 7.72. The molecule has 1 atom stereocenters. The summed E-state index contributed by atoms with van der Waals surface area (Å²) in [5.41, 5.74) is 1.74. The third kappa shape index (κ3) is 1.95. The zero-order valence-corrected chi connectivity index (χ0v) is 9.42. The van der Waals surface area contributed by atoms with Crippen LogP contribution in [0.3, 0.4) is 0 Å². The number of aryl methyl sites for hydroxylation is 1. The summed E-state index contributed by atoms with van der Waals surface area (Å²) in [6.45, 7) is 0. The second-order valence-electron chi connectivity index (χ2n) is 3.72. The summed E-state index contributed by atoms with van der Waals surface area (Å²) in [5.74, 6) is 0.794. The lowest BCUT2D eigenvalue weighted by atomic mass is 10.1. The predicted molar refractivity (Wildman–Crippen MR) is 62.5 cm³/mol. The number of benzene rings is 1. The highest BCUT2D eigenvalue weighted by atomic mass is 16.5. The van der Waals surface area contributed by atoms with E-state index in [1.165, 1.54) is 0 Å². The summed E-state index contributed by atoms with van der Waals surface area (Å²) < 4.78 is 6.99. The molecule has 0 radical (unpaired) electrons. The van der Waals surface area contributed by atoms with Crippen molar-refractivity contribution in [3.63, 3.8) is 0 Å². The van der Waals surface area contributed by atoms with E-state index in [9.17, 15) is 5.11 Å². The van der Waals surface area contributed by atoms with Crippen molar-refractivity contribution in [3.8, 4) is 5.75 Å². The van der Waals surface area contributed by atoms with Gasteiger partial charge in [0.2, 0.25) is 0 Å². The summed E-state index contributed by atoms with van der Waals surface area (Å²) in [5, 5.41) is 10.2. The molecule has 0 amide bonds. The Bertz CT molecular complexity index is 459. The van der Waals surface area contributed by atoms with Crippen LogP contribution in [0.1, 0.15) is 17.4 Å². The van der Waals surface area contributed by atoms with E-state index >= 15 is 0 Å². The van der Waals surface area contributed by atoms with E-state index in [2.05, 4.69) is 0 Å². The highest BCUT2D eigenvalue weighted by Crippen LogP contribution is 2.23. The molecule has 0 spiro atoms. The molecule has 0 bridgehead atoms. The Hall–Kier alpha value is -1.74. The lowest BCUT2D eigenvalue weighted by Gasteiger charge is -2.12. The monoisotopic (exact) mass is 217 g/mol. The molecule has 1 aromatic carbocycles. The van der Waals surface area contributed by atoms with Gasteiger partial charge in [0.25, 0.3) is 0 Å². The first kappa shape index (κ1) is 10.8. The average Bonchev–Trinajstić information content (AvgIpc) is 2.75. The largest absolute Gasteiger partial charge is 0.497 e. The van der Waals surface area contributed by atoms with E-state index in [-0.39, 0.29) is 0 Å². The van der Waals surface area contributed by atoms with Gasteiger partial charge in [0.15, 0.2) is 0 Å². The Kier molecular flexibility index (Phi) is 2.97. The zero-order chi connectivity index (χ0) is 11.5. The highest BCUT2D eigenvalue weighted by Gasteiger charge is 2.12. The Morgan fingerprint density at radius 2 is 1.88 bits per heavy atom. The third-order valence-electron chi connectivity index (χ3n) is 2.70. The van der Waals surface area contributed by atoms with Crippen LogP contribution < -0.4 is 4.74 Å². The Labute approximate surface area is 94.9 Å². The zero-order valence-electron chi connectivity index (χ0n) is 9.42. The van der Waals surface area contributed by atoms with E-state index in [4.69, 9.17) is 4.74 Å². The summed E-state index contributed by atoms with van der Waals surface area (Å²) in [4.78, 5) is 0. The van der Waals surface area contributed by atoms with Crippen molar-refractivity contribution in [2.75, 3.05) is 7.11 Å². The molecule has 0 saturated heterocycles. The van der Waals surface area contributed by atoms with Crippen molar-refractivity contribution in [2.24, 2.45) is 7.05 Å². The summed E-state index contributed by atoms with van der Waals surface area (Å²) in [6.07, 6.45) is 1.33. The molecule has 1 N–H and O–H groups in total. The van der Waals surface area contributed by atoms with Gasteiger partial charge in [-0.05, 0) is 29.8 Å². The van der Waals surface area contributed by atoms with Gasteiger partial charge in [0, 0.05) is 13.2 Å². The molecule has 0 aliphatic heterocycles. The molecule has 0 aliphatic carbocycles. The standard InChI is InChI=1S/C13H15NO2/c1-14-9-3-4-12(14)13(15)10-5-7-11(16-2)8-6-10/h3-9,13,15H,1-2H3/t13-/m1/s1. The highest BCUT2D eigenvalue weighted by molar-refractivity contribution is 5.32. The van der Waals surface area contributed by atoms with Crippen molar-refractivity contribution in [2.45, 2.75) is 6.10 Å². The van der Waals surface area contributed by atoms with Gasteiger partial charge >= 0.3 is 0 Å². The smallest absolute Gasteiger partial charge is 0.119 e. The van der Waals surface area contributed by atoms with Crippen LogP contribution in [0.2, 0.25) is 0 Å². The van der Waals surface area contributed by atoms with Gasteiger partial charge < -0.3 is 14.4 Å². The van der Waals surface area contributed by atoms with Gasteiger partial charge in [-0.2, -0.15) is 0 Å². The molecular weight excluding hydrogens is 202 g/mol. The van der Waals surface area contributed by atoms with Gasteiger partial charge in [-0.15, -0.1) is 0 Å². The van der Waals surface area contributed by atoms with Crippen LogP contribution in [0.4, 0.5) is 0 Å². The molecule has 2 rings (SSSR count). The number of methoxy groups -OCH3 is 1. The van der Waals surface area contributed by atoms with Crippen LogP contribution in [-0.4, -0.2) is 16.8 Å². The fourth-order valence-corrected chi connectivity index (χ4v) is 1.72. The van der Waals surface area contributed by atoms with E-state index < -0.39 is 6.10 Å². The Morgan fingerprint density at radius 3 is 2.38 bits per heavy atom. The second kappa shape index (κ2) is 4.41. The number of hydrogen-bond donors (Lipinski definition) is 1. The minimum atomic E-state index is -0.592. The lowest BCUT2D eigenvalue weighted by molar-refractivity contribution is 0.211. The van der Waals surface area contributed by atoms with E-state index in [1.807, 2.05) is 54.2 Å². The summed E-state index contributed by atoms with van der Waals surface area (Å²) >= 11 is 0. The molecule has 1 aromatic heterocycles. The van der Waals surface area contributed by atoms with Crippen LogP contribution in [0.5, 0.6) is 5.75 Å². The number of nitrogens with zero attached hydrogens (tertiary/aromatic N) is 1. The SMILES string of the molecule is COc1ccc([C@@H](O)c2cccn2C)cc1. The molecule has 3 heteroatoms. The van der Waals surface area contributed by atoms with Crippen LogP contribution in [-0.2, 0) is 7.05 Å². The Balaban J connectivity index is 2.27. The molecule has 0 fully saturated rings. The molecule has 0 aliphatic rings. The van der Waals surface area contributed by atoms with Gasteiger partial charge in [-0.3, -0.25) is 0 Å². The maximum absolute atomic E-state index is 10.2. The van der Waals surface area contributed by atoms with Gasteiger partial charge in [-0.25, -0.2) is 0 Å². The molecule has 2 aromatic rings. The molecule has 3 nitrogen and oxygen atoms in total. The average molecular weight is 217 g/mol. The minimum Gasteiger partial charge on any atom is -0.497 e. The number of aromatic nitrogens is 1. The van der Waals surface area contributed by atoms with Gasteiger partial charge in [0.1, 0.15) is 11.9 Å².